The first-order valence-corrected chi connectivity index (χ1v) is 4.18. The fourth-order valence-corrected chi connectivity index (χ4v) is 1.27. The molecule has 0 amide bonds. The van der Waals surface area contributed by atoms with Crippen LogP contribution in [0, 0.1) is 5.92 Å². The van der Waals surface area contributed by atoms with Crippen LogP contribution in [0.5, 0.6) is 0 Å². The number of rotatable bonds is 3. The van der Waals surface area contributed by atoms with Crippen molar-refractivity contribution in [3.63, 3.8) is 0 Å². The molecule has 4 nitrogen and oxygen atoms in total. The number of hydrogen-bond donors (Lipinski definition) is 2. The molecule has 68 valence electrons. The Morgan fingerprint density at radius 3 is 3.00 bits per heavy atom. The van der Waals surface area contributed by atoms with Gasteiger partial charge in [0.2, 0.25) is 0 Å². The van der Waals surface area contributed by atoms with Crippen LogP contribution < -0.4 is 5.32 Å². The van der Waals surface area contributed by atoms with Crippen molar-refractivity contribution < 1.29 is 9.90 Å². The largest absolute Gasteiger partial charge is 0.481 e. The zero-order valence-electron chi connectivity index (χ0n) is 6.97. The van der Waals surface area contributed by atoms with Gasteiger partial charge in [0.05, 0.1) is 5.92 Å². The highest BCUT2D eigenvalue weighted by molar-refractivity contribution is 5.75. The van der Waals surface area contributed by atoms with Gasteiger partial charge in [0.15, 0.2) is 0 Å². The summed E-state index contributed by atoms with van der Waals surface area (Å²) in [6.07, 6.45) is 2.38. The summed E-state index contributed by atoms with van der Waals surface area (Å²) in [6.45, 7) is 0. The van der Waals surface area contributed by atoms with Gasteiger partial charge in [-0.1, -0.05) is 6.07 Å². The van der Waals surface area contributed by atoms with Gasteiger partial charge in [-0.2, -0.15) is 0 Å². The molecule has 1 aliphatic carbocycles. The van der Waals surface area contributed by atoms with Crippen molar-refractivity contribution in [2.45, 2.75) is 12.5 Å². The van der Waals surface area contributed by atoms with Crippen LogP contribution in [0.4, 0.5) is 5.82 Å². The lowest BCUT2D eigenvalue weighted by molar-refractivity contribution is -0.138. The van der Waals surface area contributed by atoms with Gasteiger partial charge in [-0.15, -0.1) is 0 Å². The third-order valence-electron chi connectivity index (χ3n) is 2.11. The summed E-state index contributed by atoms with van der Waals surface area (Å²) in [4.78, 5) is 14.6. The highest BCUT2D eigenvalue weighted by Crippen LogP contribution is 2.32. The SMILES string of the molecule is O=C(O)C1C[C@H]1Nc1ccccn1. The van der Waals surface area contributed by atoms with Crippen molar-refractivity contribution in [2.24, 2.45) is 5.92 Å². The van der Waals surface area contributed by atoms with E-state index in [-0.39, 0.29) is 12.0 Å². The van der Waals surface area contributed by atoms with Crippen LogP contribution in [0.15, 0.2) is 24.4 Å². The predicted molar refractivity (Wildman–Crippen MR) is 47.4 cm³/mol. The van der Waals surface area contributed by atoms with Crippen molar-refractivity contribution in [2.75, 3.05) is 5.32 Å². The molecule has 2 rings (SSSR count). The molecule has 0 aliphatic heterocycles. The Morgan fingerprint density at radius 1 is 1.62 bits per heavy atom. The third kappa shape index (κ3) is 1.77. The molecule has 1 aromatic rings. The number of aromatic nitrogens is 1. The first-order chi connectivity index (χ1) is 6.27. The molecule has 4 heteroatoms. The third-order valence-corrected chi connectivity index (χ3v) is 2.11. The van der Waals surface area contributed by atoms with Crippen molar-refractivity contribution in [1.29, 1.82) is 0 Å². The molecule has 2 atom stereocenters. The molecule has 0 spiro atoms. The van der Waals surface area contributed by atoms with E-state index >= 15 is 0 Å². The number of carboxylic acid groups (broad SMARTS) is 1. The number of carboxylic acids is 1. The van der Waals surface area contributed by atoms with Crippen LogP contribution in [0.25, 0.3) is 0 Å². The molecule has 1 aromatic heterocycles. The first-order valence-electron chi connectivity index (χ1n) is 4.18. The summed E-state index contributed by atoms with van der Waals surface area (Å²) in [6, 6.07) is 5.59. The van der Waals surface area contributed by atoms with Gasteiger partial charge in [-0.3, -0.25) is 4.79 Å². The molecular formula is C9H10N2O2. The van der Waals surface area contributed by atoms with Gasteiger partial charge < -0.3 is 10.4 Å². The first kappa shape index (κ1) is 8.04. The Morgan fingerprint density at radius 2 is 2.46 bits per heavy atom. The van der Waals surface area contributed by atoms with Gasteiger partial charge in [0, 0.05) is 12.2 Å². The zero-order valence-corrected chi connectivity index (χ0v) is 6.97. The Hall–Kier alpha value is -1.58. The second kappa shape index (κ2) is 3.05. The maximum atomic E-state index is 10.5. The summed E-state index contributed by atoms with van der Waals surface area (Å²) in [5, 5.41) is 11.7. The van der Waals surface area contributed by atoms with Gasteiger partial charge in [0.25, 0.3) is 0 Å². The number of hydrogen-bond acceptors (Lipinski definition) is 3. The number of nitrogens with zero attached hydrogens (tertiary/aromatic N) is 1. The van der Waals surface area contributed by atoms with E-state index in [1.807, 2.05) is 18.2 Å². The zero-order chi connectivity index (χ0) is 9.26. The monoisotopic (exact) mass is 178 g/mol. The molecule has 13 heavy (non-hydrogen) atoms. The number of aliphatic carboxylic acids is 1. The molecule has 0 saturated heterocycles. The van der Waals surface area contributed by atoms with Crippen molar-refractivity contribution >= 4 is 11.8 Å². The lowest BCUT2D eigenvalue weighted by atomic mass is 10.4. The van der Waals surface area contributed by atoms with Crippen LogP contribution >= 0.6 is 0 Å². The summed E-state index contributed by atoms with van der Waals surface area (Å²) >= 11 is 0. The highest BCUT2D eigenvalue weighted by Gasteiger charge is 2.43. The van der Waals surface area contributed by atoms with Gasteiger partial charge in [-0.25, -0.2) is 4.98 Å². The van der Waals surface area contributed by atoms with Gasteiger partial charge >= 0.3 is 5.97 Å². The Bertz CT molecular complexity index is 313. The van der Waals surface area contributed by atoms with E-state index in [0.717, 1.165) is 5.82 Å². The fourth-order valence-electron chi connectivity index (χ4n) is 1.27. The average Bonchev–Trinajstić information content (AvgIpc) is 2.86. The topological polar surface area (TPSA) is 62.2 Å². The molecule has 1 heterocycles. The molecule has 1 unspecified atom stereocenters. The van der Waals surface area contributed by atoms with E-state index in [4.69, 9.17) is 5.11 Å². The predicted octanol–water partition coefficient (Wildman–Crippen LogP) is 0.967. The second-order valence-corrected chi connectivity index (χ2v) is 3.15. The second-order valence-electron chi connectivity index (χ2n) is 3.15. The lowest BCUT2D eigenvalue weighted by Gasteiger charge is -2.01. The van der Waals surface area contributed by atoms with E-state index in [0.29, 0.717) is 6.42 Å². The van der Waals surface area contributed by atoms with Crippen LogP contribution in [-0.2, 0) is 4.79 Å². The van der Waals surface area contributed by atoms with Crippen LogP contribution in [0.1, 0.15) is 6.42 Å². The standard InChI is InChI=1S/C9H10N2O2/c12-9(13)6-5-7(6)11-8-3-1-2-4-10-8/h1-4,6-7H,5H2,(H,10,11)(H,12,13)/t6?,7-/m1/s1. The number of pyridine rings is 1. The summed E-state index contributed by atoms with van der Waals surface area (Å²) in [5.41, 5.74) is 0. The van der Waals surface area contributed by atoms with E-state index in [1.165, 1.54) is 0 Å². The lowest BCUT2D eigenvalue weighted by Crippen LogP contribution is -2.10. The Kier molecular flexibility index (Phi) is 1.88. The average molecular weight is 178 g/mol. The quantitative estimate of drug-likeness (QED) is 0.723. The molecule has 1 fully saturated rings. The molecule has 0 bridgehead atoms. The Balaban J connectivity index is 1.92. The van der Waals surface area contributed by atoms with Crippen LogP contribution in [-0.4, -0.2) is 22.1 Å². The normalized spacial score (nSPS) is 25.2. The van der Waals surface area contributed by atoms with E-state index in [9.17, 15) is 4.79 Å². The number of anilines is 1. The van der Waals surface area contributed by atoms with Crippen molar-refractivity contribution in [1.82, 2.24) is 4.98 Å². The Labute approximate surface area is 75.6 Å². The van der Waals surface area contributed by atoms with Gasteiger partial charge in [-0.05, 0) is 18.6 Å². The maximum Gasteiger partial charge on any atom is 0.308 e. The van der Waals surface area contributed by atoms with E-state index < -0.39 is 5.97 Å². The van der Waals surface area contributed by atoms with Crippen LogP contribution in [0.3, 0.4) is 0 Å². The molecule has 1 saturated carbocycles. The van der Waals surface area contributed by atoms with Crippen molar-refractivity contribution in [3.8, 4) is 0 Å². The molecule has 1 aliphatic rings. The van der Waals surface area contributed by atoms with Gasteiger partial charge in [0.1, 0.15) is 5.82 Å². The van der Waals surface area contributed by atoms with E-state index in [1.54, 1.807) is 6.20 Å². The fraction of sp³-hybridized carbons (Fsp3) is 0.333. The van der Waals surface area contributed by atoms with Crippen molar-refractivity contribution in [3.05, 3.63) is 24.4 Å². The minimum atomic E-state index is -0.728. The minimum Gasteiger partial charge on any atom is -0.481 e. The molecule has 0 radical (unpaired) electrons. The smallest absolute Gasteiger partial charge is 0.308 e. The summed E-state index contributed by atoms with van der Waals surface area (Å²) in [5.74, 6) is -0.216. The van der Waals surface area contributed by atoms with E-state index in [2.05, 4.69) is 10.3 Å². The molecule has 0 aromatic carbocycles. The minimum absolute atomic E-state index is 0.0624. The number of nitrogens with one attached hydrogen (secondary N) is 1. The maximum absolute atomic E-state index is 10.5. The summed E-state index contributed by atoms with van der Waals surface area (Å²) in [7, 11) is 0. The number of carbonyl (C=O) groups is 1. The summed E-state index contributed by atoms with van der Waals surface area (Å²) < 4.78 is 0. The highest BCUT2D eigenvalue weighted by atomic mass is 16.4. The molecule has 2 N–H and O–H groups in total. The van der Waals surface area contributed by atoms with Crippen LogP contribution in [0.2, 0.25) is 0 Å². The molecular weight excluding hydrogens is 168 g/mol.